The van der Waals surface area contributed by atoms with Crippen molar-refractivity contribution in [2.45, 2.75) is 20.3 Å². The summed E-state index contributed by atoms with van der Waals surface area (Å²) in [5.74, 6) is -0.932. The molecule has 0 saturated carbocycles. The first-order chi connectivity index (χ1) is 11.9. The fourth-order valence-corrected chi connectivity index (χ4v) is 2.46. The Kier molecular flexibility index (Phi) is 6.51. The number of hydrazine groups is 1. The van der Waals surface area contributed by atoms with E-state index in [2.05, 4.69) is 38.8 Å². The molecule has 0 spiro atoms. The summed E-state index contributed by atoms with van der Waals surface area (Å²) in [5.41, 5.74) is 7.29. The molecule has 2 aromatic rings. The summed E-state index contributed by atoms with van der Waals surface area (Å²) in [6, 6.07) is 11.7. The predicted molar refractivity (Wildman–Crippen MR) is 104 cm³/mol. The molecule has 25 heavy (non-hydrogen) atoms. The molecular formula is C18H18IN3O3. The largest absolute Gasteiger partial charge is 0.326 e. The fourth-order valence-electron chi connectivity index (χ4n) is 1.95. The normalized spacial score (nSPS) is 10.0. The lowest BCUT2D eigenvalue weighted by molar-refractivity contribution is -0.115. The van der Waals surface area contributed by atoms with Crippen LogP contribution in [0.3, 0.4) is 0 Å². The van der Waals surface area contributed by atoms with Crippen LogP contribution in [0.25, 0.3) is 0 Å². The van der Waals surface area contributed by atoms with E-state index in [1.54, 1.807) is 43.3 Å². The predicted octanol–water partition coefficient (Wildman–Crippen LogP) is 3.02. The number of carbonyl (C=O) groups is 3. The van der Waals surface area contributed by atoms with Crippen LogP contribution in [0.1, 0.15) is 39.6 Å². The van der Waals surface area contributed by atoms with Gasteiger partial charge in [-0.05, 0) is 71.5 Å². The Hall–Kier alpha value is -2.42. The van der Waals surface area contributed by atoms with Crippen LogP contribution >= 0.6 is 22.6 Å². The number of carbonyl (C=O) groups excluding carboxylic acids is 3. The fraction of sp³-hybridized carbons (Fsp3) is 0.167. The van der Waals surface area contributed by atoms with Crippen LogP contribution in [0.15, 0.2) is 42.5 Å². The smallest absolute Gasteiger partial charge is 0.269 e. The Morgan fingerprint density at radius 1 is 0.920 bits per heavy atom. The van der Waals surface area contributed by atoms with Crippen molar-refractivity contribution in [1.82, 2.24) is 10.9 Å². The topological polar surface area (TPSA) is 87.3 Å². The van der Waals surface area contributed by atoms with Gasteiger partial charge in [0.1, 0.15) is 0 Å². The van der Waals surface area contributed by atoms with Crippen molar-refractivity contribution in [2.24, 2.45) is 0 Å². The number of hydrogen-bond acceptors (Lipinski definition) is 3. The summed E-state index contributed by atoms with van der Waals surface area (Å²) >= 11 is 2.15. The van der Waals surface area contributed by atoms with Gasteiger partial charge in [0, 0.05) is 26.8 Å². The second-order valence-electron chi connectivity index (χ2n) is 5.35. The van der Waals surface area contributed by atoms with Crippen molar-refractivity contribution < 1.29 is 14.4 Å². The zero-order valence-corrected chi connectivity index (χ0v) is 16.0. The number of rotatable bonds is 4. The Balaban J connectivity index is 1.94. The van der Waals surface area contributed by atoms with Gasteiger partial charge in [0.2, 0.25) is 5.91 Å². The van der Waals surface area contributed by atoms with Crippen molar-refractivity contribution in [3.05, 3.63) is 62.7 Å². The van der Waals surface area contributed by atoms with E-state index in [1.807, 2.05) is 13.0 Å². The highest BCUT2D eigenvalue weighted by Gasteiger charge is 2.10. The molecule has 2 rings (SSSR count). The van der Waals surface area contributed by atoms with Gasteiger partial charge < -0.3 is 5.32 Å². The molecule has 0 bridgehead atoms. The van der Waals surface area contributed by atoms with Crippen LogP contribution < -0.4 is 16.2 Å². The van der Waals surface area contributed by atoms with E-state index in [4.69, 9.17) is 0 Å². The van der Waals surface area contributed by atoms with E-state index in [9.17, 15) is 14.4 Å². The maximum atomic E-state index is 12.1. The highest BCUT2D eigenvalue weighted by atomic mass is 127. The zero-order chi connectivity index (χ0) is 18.4. The van der Waals surface area contributed by atoms with Crippen molar-refractivity contribution in [3.63, 3.8) is 0 Å². The van der Waals surface area contributed by atoms with Crippen molar-refractivity contribution in [1.29, 1.82) is 0 Å². The third kappa shape index (κ3) is 5.28. The first-order valence-electron chi connectivity index (χ1n) is 7.67. The van der Waals surface area contributed by atoms with Crippen molar-refractivity contribution in [3.8, 4) is 0 Å². The summed E-state index contributed by atoms with van der Waals surface area (Å²) in [7, 11) is 0. The molecular weight excluding hydrogens is 433 g/mol. The van der Waals surface area contributed by atoms with Crippen LogP contribution in [0.2, 0.25) is 0 Å². The Morgan fingerprint density at radius 3 is 2.04 bits per heavy atom. The lowest BCUT2D eigenvalue weighted by Gasteiger charge is -2.09. The maximum absolute atomic E-state index is 12.1. The van der Waals surface area contributed by atoms with E-state index in [0.717, 1.165) is 9.13 Å². The van der Waals surface area contributed by atoms with Crippen LogP contribution in [0.4, 0.5) is 5.69 Å². The molecule has 7 heteroatoms. The lowest BCUT2D eigenvalue weighted by Crippen LogP contribution is -2.41. The number of halogens is 1. The van der Waals surface area contributed by atoms with Gasteiger partial charge in [0.15, 0.2) is 0 Å². The van der Waals surface area contributed by atoms with Gasteiger partial charge in [-0.2, -0.15) is 0 Å². The Labute approximate surface area is 159 Å². The van der Waals surface area contributed by atoms with Gasteiger partial charge >= 0.3 is 0 Å². The van der Waals surface area contributed by atoms with E-state index in [-0.39, 0.29) is 5.91 Å². The van der Waals surface area contributed by atoms with Crippen molar-refractivity contribution >= 4 is 46.0 Å². The van der Waals surface area contributed by atoms with E-state index in [1.165, 1.54) is 0 Å². The molecule has 2 aromatic carbocycles. The number of amides is 3. The highest BCUT2D eigenvalue weighted by Crippen LogP contribution is 2.13. The van der Waals surface area contributed by atoms with Gasteiger partial charge in [-0.25, -0.2) is 0 Å². The van der Waals surface area contributed by atoms with Crippen LogP contribution in [-0.2, 0) is 4.79 Å². The maximum Gasteiger partial charge on any atom is 0.269 e. The first-order valence-corrected chi connectivity index (χ1v) is 8.75. The van der Waals surface area contributed by atoms with E-state index < -0.39 is 11.8 Å². The number of nitrogens with one attached hydrogen (secondary N) is 3. The van der Waals surface area contributed by atoms with Gasteiger partial charge in [0.25, 0.3) is 11.8 Å². The molecule has 3 N–H and O–H groups in total. The molecule has 0 atom stereocenters. The third-order valence-corrected chi connectivity index (χ3v) is 4.64. The summed E-state index contributed by atoms with van der Waals surface area (Å²) in [4.78, 5) is 35.5. The van der Waals surface area contributed by atoms with Gasteiger partial charge in [-0.1, -0.05) is 13.0 Å². The number of aryl methyl sites for hydroxylation is 1. The van der Waals surface area contributed by atoms with E-state index >= 15 is 0 Å². The van der Waals surface area contributed by atoms with Gasteiger partial charge in [0.05, 0.1) is 0 Å². The number of benzene rings is 2. The minimum absolute atomic E-state index is 0.0998. The lowest BCUT2D eigenvalue weighted by atomic mass is 10.1. The average molecular weight is 451 g/mol. The summed E-state index contributed by atoms with van der Waals surface area (Å²) < 4.78 is 0.973. The molecule has 0 aliphatic carbocycles. The molecule has 0 aliphatic heterocycles. The second-order valence-corrected chi connectivity index (χ2v) is 6.51. The minimum atomic E-state index is -0.441. The Bertz CT molecular complexity index is 804. The van der Waals surface area contributed by atoms with Crippen LogP contribution in [-0.4, -0.2) is 17.7 Å². The quantitative estimate of drug-likeness (QED) is 0.494. The molecule has 0 radical (unpaired) electrons. The molecule has 0 aliphatic rings. The Morgan fingerprint density at radius 2 is 1.48 bits per heavy atom. The van der Waals surface area contributed by atoms with Gasteiger partial charge in [-0.15, -0.1) is 0 Å². The molecule has 0 aromatic heterocycles. The number of anilines is 1. The summed E-state index contributed by atoms with van der Waals surface area (Å²) in [6.45, 7) is 3.72. The molecule has 0 heterocycles. The average Bonchev–Trinajstić information content (AvgIpc) is 2.62. The molecule has 0 unspecified atom stereocenters. The number of hydrogen-bond donors (Lipinski definition) is 3. The molecule has 3 amide bonds. The van der Waals surface area contributed by atoms with Crippen LogP contribution in [0, 0.1) is 10.5 Å². The second kappa shape index (κ2) is 8.61. The molecule has 130 valence electrons. The van der Waals surface area contributed by atoms with Crippen LogP contribution in [0.5, 0.6) is 0 Å². The molecule has 0 fully saturated rings. The van der Waals surface area contributed by atoms with Crippen molar-refractivity contribution in [2.75, 3.05) is 5.32 Å². The highest BCUT2D eigenvalue weighted by molar-refractivity contribution is 14.1. The standard InChI is InChI=1S/C18H18IN3O3/c1-3-16(23)20-14-8-6-12(7-9-14)17(24)21-22-18(25)13-5-4-11(2)15(19)10-13/h4-10H,3H2,1-2H3,(H,20,23)(H,21,24)(H,22,25). The minimum Gasteiger partial charge on any atom is -0.326 e. The summed E-state index contributed by atoms with van der Waals surface area (Å²) in [6.07, 6.45) is 0.381. The third-order valence-electron chi connectivity index (χ3n) is 3.48. The molecule has 6 nitrogen and oxygen atoms in total. The monoisotopic (exact) mass is 451 g/mol. The van der Waals surface area contributed by atoms with Gasteiger partial charge in [-0.3, -0.25) is 25.2 Å². The summed E-state index contributed by atoms with van der Waals surface area (Å²) in [5, 5.41) is 2.70. The SMILES string of the molecule is CCC(=O)Nc1ccc(C(=O)NNC(=O)c2ccc(C)c(I)c2)cc1. The first kappa shape index (κ1) is 18.9. The van der Waals surface area contributed by atoms with E-state index in [0.29, 0.717) is 23.2 Å². The zero-order valence-electron chi connectivity index (χ0n) is 13.9. The molecule has 0 saturated heterocycles.